The summed E-state index contributed by atoms with van der Waals surface area (Å²) in [5, 5.41) is 13.3. The average molecular weight is 303 g/mol. The summed E-state index contributed by atoms with van der Waals surface area (Å²) in [6.45, 7) is 0. The van der Waals surface area contributed by atoms with Crippen LogP contribution in [0.4, 0.5) is 21.6 Å². The summed E-state index contributed by atoms with van der Waals surface area (Å²) in [5.41, 5.74) is -0.285. The first kappa shape index (κ1) is 13.4. The molecule has 1 aromatic heterocycles. The highest BCUT2D eigenvalue weighted by Crippen LogP contribution is 2.31. The second-order valence-corrected chi connectivity index (χ2v) is 4.20. The van der Waals surface area contributed by atoms with Gasteiger partial charge in [0.25, 0.3) is 0 Å². The minimum Gasteiger partial charge on any atom is -0.334 e. The number of nitrogens with zero attached hydrogens (tertiary/aromatic N) is 3. The summed E-state index contributed by atoms with van der Waals surface area (Å²) in [4.78, 5) is 17.3. The van der Waals surface area contributed by atoms with Crippen LogP contribution in [0.25, 0.3) is 0 Å². The van der Waals surface area contributed by atoms with Gasteiger partial charge in [-0.05, 0) is 18.2 Å². The Bertz CT molecular complexity index is 633. The third-order valence-electron chi connectivity index (χ3n) is 2.09. The van der Waals surface area contributed by atoms with Crippen LogP contribution in [-0.2, 0) is 0 Å². The first-order valence-corrected chi connectivity index (χ1v) is 5.61. The van der Waals surface area contributed by atoms with Gasteiger partial charge in [-0.3, -0.25) is 10.1 Å². The molecule has 0 aliphatic heterocycles. The first-order chi connectivity index (χ1) is 8.97. The van der Waals surface area contributed by atoms with Crippen molar-refractivity contribution in [2.45, 2.75) is 0 Å². The van der Waals surface area contributed by atoms with Gasteiger partial charge in [-0.2, -0.15) is 0 Å². The van der Waals surface area contributed by atoms with E-state index in [4.69, 9.17) is 23.2 Å². The van der Waals surface area contributed by atoms with Gasteiger partial charge in [0.15, 0.2) is 0 Å². The molecule has 0 fully saturated rings. The van der Waals surface area contributed by atoms with Gasteiger partial charge in [-0.1, -0.05) is 23.2 Å². The molecule has 19 heavy (non-hydrogen) atoms. The standard InChI is InChI=1S/C10H5Cl2FN4O2/c11-5-1-6(13)3-7(2-5)16-10-8(17(18)19)9(12)14-4-15-10/h1-4H,(H,14,15,16). The van der Waals surface area contributed by atoms with Crippen LogP contribution in [0, 0.1) is 15.9 Å². The van der Waals surface area contributed by atoms with Crippen LogP contribution in [0.2, 0.25) is 10.2 Å². The van der Waals surface area contributed by atoms with Gasteiger partial charge in [-0.15, -0.1) is 0 Å². The number of aromatic nitrogens is 2. The monoisotopic (exact) mass is 302 g/mol. The molecular weight excluding hydrogens is 298 g/mol. The van der Waals surface area contributed by atoms with Crippen LogP contribution in [-0.4, -0.2) is 14.9 Å². The van der Waals surface area contributed by atoms with Crippen molar-refractivity contribution in [3.05, 3.63) is 50.6 Å². The van der Waals surface area contributed by atoms with E-state index in [1.54, 1.807) is 0 Å². The molecule has 2 rings (SSSR count). The molecule has 0 aliphatic carbocycles. The lowest BCUT2D eigenvalue weighted by atomic mass is 10.3. The minimum atomic E-state index is -0.731. The predicted octanol–water partition coefficient (Wildman–Crippen LogP) is 3.57. The van der Waals surface area contributed by atoms with Crippen molar-refractivity contribution >= 4 is 40.4 Å². The summed E-state index contributed by atoms with van der Waals surface area (Å²) >= 11 is 11.3. The molecule has 0 saturated heterocycles. The van der Waals surface area contributed by atoms with E-state index < -0.39 is 16.4 Å². The Morgan fingerprint density at radius 3 is 2.63 bits per heavy atom. The largest absolute Gasteiger partial charge is 0.348 e. The number of hydrogen-bond donors (Lipinski definition) is 1. The second kappa shape index (κ2) is 5.33. The summed E-state index contributed by atoms with van der Waals surface area (Å²) in [6.07, 6.45) is 1.05. The molecule has 98 valence electrons. The number of hydrogen-bond acceptors (Lipinski definition) is 5. The molecule has 1 aromatic carbocycles. The molecule has 0 aliphatic rings. The van der Waals surface area contributed by atoms with Crippen molar-refractivity contribution in [1.82, 2.24) is 9.97 Å². The number of nitrogens with one attached hydrogen (secondary N) is 1. The number of rotatable bonds is 3. The Hall–Kier alpha value is -1.99. The Morgan fingerprint density at radius 1 is 1.26 bits per heavy atom. The van der Waals surface area contributed by atoms with Crippen LogP contribution < -0.4 is 5.32 Å². The lowest BCUT2D eigenvalue weighted by Gasteiger charge is -2.06. The van der Waals surface area contributed by atoms with E-state index in [9.17, 15) is 14.5 Å². The predicted molar refractivity (Wildman–Crippen MR) is 68.4 cm³/mol. The fraction of sp³-hybridized carbons (Fsp3) is 0. The van der Waals surface area contributed by atoms with Gasteiger partial charge in [-0.25, -0.2) is 14.4 Å². The van der Waals surface area contributed by atoms with Crippen LogP contribution >= 0.6 is 23.2 Å². The number of benzene rings is 1. The zero-order valence-electron chi connectivity index (χ0n) is 9.10. The van der Waals surface area contributed by atoms with Gasteiger partial charge in [0, 0.05) is 10.7 Å². The highest BCUT2D eigenvalue weighted by atomic mass is 35.5. The molecule has 1 heterocycles. The van der Waals surface area contributed by atoms with E-state index in [0.717, 1.165) is 18.5 Å². The maximum atomic E-state index is 13.2. The highest BCUT2D eigenvalue weighted by molar-refractivity contribution is 6.32. The number of nitro groups is 1. The lowest BCUT2D eigenvalue weighted by Crippen LogP contribution is -2.01. The molecule has 0 radical (unpaired) electrons. The molecule has 0 unspecified atom stereocenters. The van der Waals surface area contributed by atoms with Gasteiger partial charge in [0.05, 0.1) is 4.92 Å². The van der Waals surface area contributed by atoms with Crippen molar-refractivity contribution in [3.63, 3.8) is 0 Å². The molecule has 1 N–H and O–H groups in total. The van der Waals surface area contributed by atoms with E-state index in [1.807, 2.05) is 0 Å². The SMILES string of the molecule is O=[N+]([O-])c1c(Cl)ncnc1Nc1cc(F)cc(Cl)c1. The summed E-state index contributed by atoms with van der Waals surface area (Å²) in [6, 6.07) is 3.62. The quantitative estimate of drug-likeness (QED) is 0.532. The molecule has 0 bridgehead atoms. The van der Waals surface area contributed by atoms with Gasteiger partial charge in [0.1, 0.15) is 12.1 Å². The smallest absolute Gasteiger partial charge is 0.334 e. The second-order valence-electron chi connectivity index (χ2n) is 3.40. The Morgan fingerprint density at radius 2 is 2.00 bits per heavy atom. The van der Waals surface area contributed by atoms with Crippen molar-refractivity contribution in [1.29, 1.82) is 0 Å². The van der Waals surface area contributed by atoms with E-state index >= 15 is 0 Å². The molecule has 2 aromatic rings. The van der Waals surface area contributed by atoms with E-state index in [1.165, 1.54) is 6.07 Å². The Labute approximate surface area is 116 Å². The van der Waals surface area contributed by atoms with Crippen molar-refractivity contribution in [2.75, 3.05) is 5.32 Å². The Balaban J connectivity index is 2.43. The van der Waals surface area contributed by atoms with Crippen LogP contribution in [0.5, 0.6) is 0 Å². The van der Waals surface area contributed by atoms with Crippen molar-refractivity contribution in [3.8, 4) is 0 Å². The third kappa shape index (κ3) is 3.07. The fourth-order valence-electron chi connectivity index (χ4n) is 1.37. The molecule has 6 nitrogen and oxygen atoms in total. The van der Waals surface area contributed by atoms with Gasteiger partial charge < -0.3 is 5.32 Å². The molecule has 0 spiro atoms. The molecule has 0 atom stereocenters. The topological polar surface area (TPSA) is 81.0 Å². The summed E-state index contributed by atoms with van der Waals surface area (Å²) in [5.74, 6) is -0.732. The maximum absolute atomic E-state index is 13.2. The summed E-state index contributed by atoms with van der Waals surface area (Å²) in [7, 11) is 0. The molecule has 0 amide bonds. The van der Waals surface area contributed by atoms with Crippen LogP contribution in [0.1, 0.15) is 0 Å². The Kier molecular flexibility index (Phi) is 3.77. The van der Waals surface area contributed by atoms with Gasteiger partial charge >= 0.3 is 5.69 Å². The number of anilines is 2. The zero-order chi connectivity index (χ0) is 14.0. The van der Waals surface area contributed by atoms with E-state index in [-0.39, 0.29) is 21.7 Å². The highest BCUT2D eigenvalue weighted by Gasteiger charge is 2.21. The maximum Gasteiger partial charge on any atom is 0.348 e. The fourth-order valence-corrected chi connectivity index (χ4v) is 1.80. The van der Waals surface area contributed by atoms with Crippen molar-refractivity contribution in [2.24, 2.45) is 0 Å². The lowest BCUT2D eigenvalue weighted by molar-refractivity contribution is -0.384. The van der Waals surface area contributed by atoms with Crippen LogP contribution in [0.15, 0.2) is 24.5 Å². The summed E-state index contributed by atoms with van der Waals surface area (Å²) < 4.78 is 13.2. The third-order valence-corrected chi connectivity index (χ3v) is 2.58. The molecular formula is C10H5Cl2FN4O2. The normalized spacial score (nSPS) is 10.3. The number of halogens is 3. The molecule has 0 saturated carbocycles. The molecule has 9 heteroatoms. The van der Waals surface area contributed by atoms with E-state index in [2.05, 4.69) is 15.3 Å². The first-order valence-electron chi connectivity index (χ1n) is 4.85. The van der Waals surface area contributed by atoms with Crippen LogP contribution in [0.3, 0.4) is 0 Å². The average Bonchev–Trinajstić information content (AvgIpc) is 2.26. The minimum absolute atomic E-state index is 0.144. The van der Waals surface area contributed by atoms with Crippen molar-refractivity contribution < 1.29 is 9.31 Å². The van der Waals surface area contributed by atoms with Gasteiger partial charge in [0.2, 0.25) is 11.0 Å². The zero-order valence-corrected chi connectivity index (χ0v) is 10.6. The van der Waals surface area contributed by atoms with E-state index in [0.29, 0.717) is 0 Å².